The van der Waals surface area contributed by atoms with Crippen molar-refractivity contribution in [2.45, 2.75) is 64.5 Å². The second kappa shape index (κ2) is 10.7. The average Bonchev–Trinajstić information content (AvgIpc) is 3.34. The molecule has 7 heteroatoms. The third-order valence-electron chi connectivity index (χ3n) is 8.47. The van der Waals surface area contributed by atoms with E-state index in [0.717, 1.165) is 11.0 Å². The SMILES string of the molecule is CC1(C)OB(C(=Cc2ccc([Si](C)(C)C)cc2)CNC(=O)OCC2c3ccccc3-c3ccccc32)OC1(C)C. The van der Waals surface area contributed by atoms with Gasteiger partial charge in [-0.3, -0.25) is 0 Å². The number of rotatable bonds is 7. The van der Waals surface area contributed by atoms with Crippen molar-refractivity contribution in [2.75, 3.05) is 13.2 Å². The lowest BCUT2D eigenvalue weighted by molar-refractivity contribution is 0.00578. The average molecular weight is 554 g/mol. The Labute approximate surface area is 240 Å². The highest BCUT2D eigenvalue weighted by molar-refractivity contribution is 6.88. The maximum atomic E-state index is 13.0. The van der Waals surface area contributed by atoms with Crippen LogP contribution in [0.25, 0.3) is 17.2 Å². The normalized spacial score (nSPS) is 17.9. The Morgan fingerprint density at radius 1 is 0.875 bits per heavy atom. The number of ether oxygens (including phenoxy) is 1. The quantitative estimate of drug-likeness (QED) is 0.328. The van der Waals surface area contributed by atoms with Gasteiger partial charge in [-0.15, -0.1) is 0 Å². The van der Waals surface area contributed by atoms with Crippen molar-refractivity contribution in [2.24, 2.45) is 0 Å². The van der Waals surface area contributed by atoms with Crippen LogP contribution < -0.4 is 10.5 Å². The van der Waals surface area contributed by atoms with Crippen molar-refractivity contribution in [1.29, 1.82) is 0 Å². The largest absolute Gasteiger partial charge is 0.492 e. The summed E-state index contributed by atoms with van der Waals surface area (Å²) >= 11 is 0. The molecule has 1 N–H and O–H groups in total. The van der Waals surface area contributed by atoms with Crippen LogP contribution >= 0.6 is 0 Å². The third-order valence-corrected chi connectivity index (χ3v) is 10.5. The van der Waals surface area contributed by atoms with Crippen molar-refractivity contribution >= 4 is 32.5 Å². The highest BCUT2D eigenvalue weighted by Crippen LogP contribution is 2.44. The van der Waals surface area contributed by atoms with E-state index in [1.165, 1.54) is 27.4 Å². The first-order valence-electron chi connectivity index (χ1n) is 14.1. The molecule has 5 nitrogen and oxygen atoms in total. The molecule has 3 aromatic rings. The molecule has 1 heterocycles. The second-order valence-corrected chi connectivity index (χ2v) is 17.9. The van der Waals surface area contributed by atoms with Crippen molar-refractivity contribution < 1.29 is 18.8 Å². The van der Waals surface area contributed by atoms with Gasteiger partial charge in [-0.2, -0.15) is 0 Å². The fourth-order valence-corrected chi connectivity index (χ4v) is 6.48. The summed E-state index contributed by atoms with van der Waals surface area (Å²) in [5, 5.41) is 4.36. The lowest BCUT2D eigenvalue weighted by Crippen LogP contribution is -2.41. The number of hydrogen-bond donors (Lipinski definition) is 1. The van der Waals surface area contributed by atoms with E-state index in [9.17, 15) is 4.79 Å². The van der Waals surface area contributed by atoms with Crippen molar-refractivity contribution in [3.05, 3.63) is 95.0 Å². The Kier molecular flexibility index (Phi) is 7.59. The number of hydrogen-bond acceptors (Lipinski definition) is 4. The molecule has 1 aliphatic heterocycles. The van der Waals surface area contributed by atoms with Gasteiger partial charge in [-0.1, -0.05) is 104 Å². The molecule has 3 aromatic carbocycles. The number of amides is 1. The van der Waals surface area contributed by atoms with E-state index >= 15 is 0 Å². The van der Waals surface area contributed by atoms with E-state index in [2.05, 4.69) is 79.6 Å². The molecule has 0 unspecified atom stereocenters. The molecule has 208 valence electrons. The van der Waals surface area contributed by atoms with Gasteiger partial charge in [0.15, 0.2) is 0 Å². The molecule has 1 aliphatic carbocycles. The first-order chi connectivity index (χ1) is 18.9. The van der Waals surface area contributed by atoms with Crippen LogP contribution in [0.4, 0.5) is 4.79 Å². The molecule has 40 heavy (non-hydrogen) atoms. The molecule has 1 saturated heterocycles. The molecule has 1 fully saturated rings. The maximum absolute atomic E-state index is 13.0. The highest BCUT2D eigenvalue weighted by Gasteiger charge is 2.52. The summed E-state index contributed by atoms with van der Waals surface area (Å²) in [5.74, 6) is 0.0149. The minimum atomic E-state index is -1.40. The lowest BCUT2D eigenvalue weighted by atomic mass is 9.77. The van der Waals surface area contributed by atoms with E-state index in [1.54, 1.807) is 0 Å². The van der Waals surface area contributed by atoms with E-state index < -0.39 is 32.5 Å². The van der Waals surface area contributed by atoms with Crippen LogP contribution in [0.1, 0.15) is 50.3 Å². The summed E-state index contributed by atoms with van der Waals surface area (Å²) in [6, 6.07) is 25.3. The summed E-state index contributed by atoms with van der Waals surface area (Å²) < 4.78 is 18.5. The Morgan fingerprint density at radius 2 is 1.40 bits per heavy atom. The van der Waals surface area contributed by atoms with Gasteiger partial charge in [0.05, 0.1) is 19.3 Å². The monoisotopic (exact) mass is 553 g/mol. The standard InChI is InChI=1S/C33H40BNO4Si/c1-32(2)33(3,4)39-34(38-32)24(20-23-16-18-25(19-17-23)40(5,6)7)21-35-31(36)37-22-30-28-14-10-8-12-26(28)27-13-9-11-15-29(27)30/h8-20,30H,21-22H2,1-7H3,(H,35,36). The van der Waals surface area contributed by atoms with Crippen LogP contribution in [0, 0.1) is 0 Å². The summed E-state index contributed by atoms with van der Waals surface area (Å²) in [4.78, 5) is 13.0. The Bertz CT molecular complexity index is 1360. The van der Waals surface area contributed by atoms with E-state index in [4.69, 9.17) is 14.0 Å². The van der Waals surface area contributed by atoms with Gasteiger partial charge in [0, 0.05) is 12.5 Å². The maximum Gasteiger partial charge on any atom is 0.492 e. The Hall–Kier alpha value is -3.13. The zero-order chi connectivity index (χ0) is 28.7. The van der Waals surface area contributed by atoms with E-state index in [1.807, 2.05) is 52.0 Å². The summed E-state index contributed by atoms with van der Waals surface area (Å²) in [6.07, 6.45) is 1.60. The molecule has 1 amide bonds. The molecule has 0 saturated carbocycles. The van der Waals surface area contributed by atoms with Gasteiger partial charge in [-0.05, 0) is 61.0 Å². The predicted molar refractivity (Wildman–Crippen MR) is 167 cm³/mol. The zero-order valence-electron chi connectivity index (χ0n) is 24.7. The predicted octanol–water partition coefficient (Wildman–Crippen LogP) is 6.79. The van der Waals surface area contributed by atoms with Crippen molar-refractivity contribution in [1.82, 2.24) is 5.32 Å². The first-order valence-corrected chi connectivity index (χ1v) is 17.6. The molecule has 2 aliphatic rings. The van der Waals surface area contributed by atoms with Crippen LogP contribution in [0.3, 0.4) is 0 Å². The van der Waals surface area contributed by atoms with Gasteiger partial charge < -0.3 is 19.4 Å². The van der Waals surface area contributed by atoms with Gasteiger partial charge in [0.2, 0.25) is 0 Å². The highest BCUT2D eigenvalue weighted by atomic mass is 28.3. The van der Waals surface area contributed by atoms with E-state index in [-0.39, 0.29) is 19.1 Å². The molecule has 0 spiro atoms. The first kappa shape index (κ1) is 28.4. The molecule has 5 rings (SSSR count). The van der Waals surface area contributed by atoms with Crippen LogP contribution in [0.2, 0.25) is 19.6 Å². The Balaban J connectivity index is 1.30. The molecule has 0 atom stereocenters. The summed E-state index contributed by atoms with van der Waals surface area (Å²) in [7, 11) is -1.97. The van der Waals surface area contributed by atoms with E-state index in [0.29, 0.717) is 0 Å². The lowest BCUT2D eigenvalue weighted by Gasteiger charge is -2.32. The molecular weight excluding hydrogens is 513 g/mol. The van der Waals surface area contributed by atoms with Crippen LogP contribution in [0.5, 0.6) is 0 Å². The molecular formula is C33H40BNO4Si. The number of carbonyl (C=O) groups is 1. The van der Waals surface area contributed by atoms with Crippen LogP contribution in [-0.4, -0.2) is 45.6 Å². The number of carbonyl (C=O) groups excluding carboxylic acids is 1. The minimum Gasteiger partial charge on any atom is -0.449 e. The minimum absolute atomic E-state index is 0.0149. The summed E-state index contributed by atoms with van der Waals surface area (Å²) in [6.45, 7) is 15.7. The Morgan fingerprint density at radius 3 is 1.93 bits per heavy atom. The van der Waals surface area contributed by atoms with Gasteiger partial charge >= 0.3 is 13.2 Å². The van der Waals surface area contributed by atoms with Crippen LogP contribution in [0.15, 0.2) is 78.3 Å². The van der Waals surface area contributed by atoms with Crippen molar-refractivity contribution in [3.63, 3.8) is 0 Å². The molecule has 0 radical (unpaired) electrons. The summed E-state index contributed by atoms with van der Waals surface area (Å²) in [5.41, 5.74) is 5.71. The number of benzene rings is 3. The van der Waals surface area contributed by atoms with Gasteiger partial charge in [0.1, 0.15) is 6.61 Å². The molecule has 0 aromatic heterocycles. The van der Waals surface area contributed by atoms with Crippen molar-refractivity contribution in [3.8, 4) is 11.1 Å². The number of nitrogens with one attached hydrogen (secondary N) is 1. The second-order valence-electron chi connectivity index (χ2n) is 12.9. The smallest absolute Gasteiger partial charge is 0.449 e. The zero-order valence-corrected chi connectivity index (χ0v) is 25.7. The number of alkyl carbamates (subject to hydrolysis) is 1. The number of fused-ring (bicyclic) bond motifs is 3. The van der Waals surface area contributed by atoms with Crippen LogP contribution in [-0.2, 0) is 14.0 Å². The van der Waals surface area contributed by atoms with Gasteiger partial charge in [-0.25, -0.2) is 4.79 Å². The third kappa shape index (κ3) is 5.69. The topological polar surface area (TPSA) is 56.8 Å². The molecule has 0 bridgehead atoms. The fourth-order valence-electron chi connectivity index (χ4n) is 5.31. The fraction of sp³-hybridized carbons (Fsp3) is 0.364. The van der Waals surface area contributed by atoms with Gasteiger partial charge in [0.25, 0.3) is 0 Å².